The summed E-state index contributed by atoms with van der Waals surface area (Å²) in [5.74, 6) is 0. The summed E-state index contributed by atoms with van der Waals surface area (Å²) in [6.45, 7) is 6.64. The molecule has 1 saturated heterocycles. The summed E-state index contributed by atoms with van der Waals surface area (Å²) < 4.78 is 28.5. The number of sulfonamides is 1. The van der Waals surface area contributed by atoms with Crippen LogP contribution in [0.4, 0.5) is 0 Å². The van der Waals surface area contributed by atoms with E-state index in [1.165, 1.54) is 0 Å². The van der Waals surface area contributed by atoms with Gasteiger partial charge in [0.25, 0.3) is 10.0 Å². The van der Waals surface area contributed by atoms with Crippen LogP contribution in [0.15, 0.2) is 11.1 Å². The maximum Gasteiger partial charge on any atom is 0.260 e. The third kappa shape index (κ3) is 2.68. The van der Waals surface area contributed by atoms with E-state index in [0.29, 0.717) is 25.9 Å². The minimum Gasteiger partial charge on any atom is -0.328 e. The molecule has 2 heterocycles. The molecule has 6 nitrogen and oxygen atoms in total. The Morgan fingerprint density at radius 2 is 2.21 bits per heavy atom. The molecule has 108 valence electrons. The SMILES string of the molecule is CCn1nc(C)cc1S(=O)(=O)N1CC[C@H](N)C[C@H]1C. The maximum atomic E-state index is 12.7. The molecule has 0 saturated carbocycles. The van der Waals surface area contributed by atoms with E-state index in [2.05, 4.69) is 5.10 Å². The number of aromatic nitrogens is 2. The fraction of sp³-hybridized carbons (Fsp3) is 0.750. The van der Waals surface area contributed by atoms with Crippen LogP contribution in [0, 0.1) is 6.92 Å². The van der Waals surface area contributed by atoms with Gasteiger partial charge in [-0.15, -0.1) is 0 Å². The van der Waals surface area contributed by atoms with Crippen LogP contribution in [0.2, 0.25) is 0 Å². The Morgan fingerprint density at radius 1 is 1.53 bits per heavy atom. The van der Waals surface area contributed by atoms with E-state index in [1.54, 1.807) is 22.0 Å². The molecule has 0 amide bonds. The highest BCUT2D eigenvalue weighted by Gasteiger charge is 2.35. The topological polar surface area (TPSA) is 81.2 Å². The van der Waals surface area contributed by atoms with Gasteiger partial charge < -0.3 is 5.73 Å². The smallest absolute Gasteiger partial charge is 0.260 e. The van der Waals surface area contributed by atoms with Gasteiger partial charge in [0, 0.05) is 25.2 Å². The lowest BCUT2D eigenvalue weighted by Gasteiger charge is -2.35. The number of piperidine rings is 1. The molecule has 0 bridgehead atoms. The van der Waals surface area contributed by atoms with Gasteiger partial charge in [-0.3, -0.25) is 4.68 Å². The predicted molar refractivity (Wildman–Crippen MR) is 73.2 cm³/mol. The Labute approximate surface area is 114 Å². The first-order chi connectivity index (χ1) is 8.86. The lowest BCUT2D eigenvalue weighted by atomic mass is 10.0. The fourth-order valence-electron chi connectivity index (χ4n) is 2.62. The van der Waals surface area contributed by atoms with Crippen LogP contribution < -0.4 is 5.73 Å². The van der Waals surface area contributed by atoms with Crippen LogP contribution >= 0.6 is 0 Å². The van der Waals surface area contributed by atoms with Crippen LogP contribution in [0.1, 0.15) is 32.4 Å². The summed E-state index contributed by atoms with van der Waals surface area (Å²) in [7, 11) is -3.48. The number of hydrogen-bond acceptors (Lipinski definition) is 4. The van der Waals surface area contributed by atoms with Gasteiger partial charge in [0.2, 0.25) is 0 Å². The summed E-state index contributed by atoms with van der Waals surface area (Å²) in [6.07, 6.45) is 1.42. The largest absolute Gasteiger partial charge is 0.328 e. The summed E-state index contributed by atoms with van der Waals surface area (Å²) in [5.41, 5.74) is 6.61. The van der Waals surface area contributed by atoms with Gasteiger partial charge in [0.15, 0.2) is 5.03 Å². The molecule has 19 heavy (non-hydrogen) atoms. The van der Waals surface area contributed by atoms with Crippen LogP contribution in [0.5, 0.6) is 0 Å². The van der Waals surface area contributed by atoms with E-state index in [-0.39, 0.29) is 17.1 Å². The Balaban J connectivity index is 2.36. The van der Waals surface area contributed by atoms with Crippen LogP contribution in [-0.2, 0) is 16.6 Å². The van der Waals surface area contributed by atoms with E-state index < -0.39 is 10.0 Å². The number of rotatable bonds is 3. The Kier molecular flexibility index (Phi) is 3.98. The van der Waals surface area contributed by atoms with E-state index in [1.807, 2.05) is 13.8 Å². The molecule has 2 rings (SSSR count). The zero-order valence-electron chi connectivity index (χ0n) is 11.7. The highest BCUT2D eigenvalue weighted by atomic mass is 32.2. The second kappa shape index (κ2) is 5.22. The quantitative estimate of drug-likeness (QED) is 0.887. The van der Waals surface area contributed by atoms with Gasteiger partial charge >= 0.3 is 0 Å². The summed E-state index contributed by atoms with van der Waals surface area (Å²) >= 11 is 0. The molecule has 0 spiro atoms. The third-order valence-corrected chi connectivity index (χ3v) is 5.61. The minimum absolute atomic E-state index is 0.0609. The molecule has 0 aromatic carbocycles. The molecule has 2 N–H and O–H groups in total. The van der Waals surface area contributed by atoms with Crippen molar-refractivity contribution in [3.05, 3.63) is 11.8 Å². The van der Waals surface area contributed by atoms with E-state index in [4.69, 9.17) is 5.73 Å². The van der Waals surface area contributed by atoms with E-state index in [0.717, 1.165) is 5.69 Å². The van der Waals surface area contributed by atoms with Crippen molar-refractivity contribution in [1.82, 2.24) is 14.1 Å². The predicted octanol–water partition coefficient (Wildman–Crippen LogP) is 0.712. The van der Waals surface area contributed by atoms with Crippen molar-refractivity contribution in [2.75, 3.05) is 6.54 Å². The average molecular weight is 286 g/mol. The second-order valence-electron chi connectivity index (χ2n) is 5.19. The molecule has 2 atom stereocenters. The average Bonchev–Trinajstić information content (AvgIpc) is 2.70. The Morgan fingerprint density at radius 3 is 2.79 bits per heavy atom. The molecule has 7 heteroatoms. The third-order valence-electron chi connectivity index (χ3n) is 3.59. The van der Waals surface area contributed by atoms with Crippen molar-refractivity contribution in [1.29, 1.82) is 0 Å². The van der Waals surface area contributed by atoms with E-state index >= 15 is 0 Å². The first-order valence-electron chi connectivity index (χ1n) is 6.68. The van der Waals surface area contributed by atoms with Crippen molar-refractivity contribution in [3.63, 3.8) is 0 Å². The Hall–Kier alpha value is -0.920. The van der Waals surface area contributed by atoms with Gasteiger partial charge in [0.05, 0.1) is 5.69 Å². The lowest BCUT2D eigenvalue weighted by molar-refractivity contribution is 0.245. The normalized spacial score (nSPS) is 25.7. The number of aryl methyl sites for hydroxylation is 2. The molecule has 1 aromatic heterocycles. The van der Waals surface area contributed by atoms with Gasteiger partial charge in [0.1, 0.15) is 0 Å². The molecule has 1 aliphatic rings. The second-order valence-corrected chi connectivity index (χ2v) is 7.03. The highest BCUT2D eigenvalue weighted by molar-refractivity contribution is 7.89. The number of hydrogen-bond donors (Lipinski definition) is 1. The molecule has 1 fully saturated rings. The number of nitrogens with zero attached hydrogens (tertiary/aromatic N) is 3. The van der Waals surface area contributed by atoms with Crippen LogP contribution in [0.25, 0.3) is 0 Å². The zero-order chi connectivity index (χ0) is 14.2. The molecule has 0 aliphatic carbocycles. The minimum atomic E-state index is -3.48. The molecule has 0 radical (unpaired) electrons. The first-order valence-corrected chi connectivity index (χ1v) is 8.12. The summed E-state index contributed by atoms with van der Waals surface area (Å²) in [4.78, 5) is 0. The van der Waals surface area contributed by atoms with Crippen molar-refractivity contribution >= 4 is 10.0 Å². The van der Waals surface area contributed by atoms with Crippen molar-refractivity contribution < 1.29 is 8.42 Å². The molecule has 1 aliphatic heterocycles. The van der Waals surface area contributed by atoms with E-state index in [9.17, 15) is 8.42 Å². The highest BCUT2D eigenvalue weighted by Crippen LogP contribution is 2.25. The molecular weight excluding hydrogens is 264 g/mol. The van der Waals surface area contributed by atoms with Crippen molar-refractivity contribution in [2.24, 2.45) is 5.73 Å². The van der Waals surface area contributed by atoms with Crippen LogP contribution in [-0.4, -0.2) is 41.1 Å². The first kappa shape index (κ1) is 14.5. The van der Waals surface area contributed by atoms with Crippen molar-refractivity contribution in [2.45, 2.75) is 57.3 Å². The summed E-state index contributed by atoms with van der Waals surface area (Å²) in [5, 5.41) is 4.50. The number of nitrogens with two attached hydrogens (primary N) is 1. The monoisotopic (exact) mass is 286 g/mol. The van der Waals surface area contributed by atoms with Gasteiger partial charge in [-0.1, -0.05) is 0 Å². The fourth-order valence-corrected chi connectivity index (χ4v) is 4.52. The molecule has 1 aromatic rings. The maximum absolute atomic E-state index is 12.7. The standard InChI is InChI=1S/C12H22N4O2S/c1-4-15-12(7-9(2)14-15)19(17,18)16-6-5-11(13)8-10(16)3/h7,10-11H,4-6,8,13H2,1-3H3/t10-,11+/m1/s1. The van der Waals surface area contributed by atoms with Gasteiger partial charge in [-0.05, 0) is 39.7 Å². The summed E-state index contributed by atoms with van der Waals surface area (Å²) in [6, 6.07) is 1.67. The van der Waals surface area contributed by atoms with Gasteiger partial charge in [-0.25, -0.2) is 8.42 Å². The van der Waals surface area contributed by atoms with Crippen LogP contribution in [0.3, 0.4) is 0 Å². The molecule has 0 unspecified atom stereocenters. The Bertz CT molecular complexity index is 552. The van der Waals surface area contributed by atoms with Crippen molar-refractivity contribution in [3.8, 4) is 0 Å². The lowest BCUT2D eigenvalue weighted by Crippen LogP contribution is -2.48. The zero-order valence-corrected chi connectivity index (χ0v) is 12.5. The van der Waals surface area contributed by atoms with Gasteiger partial charge in [-0.2, -0.15) is 9.40 Å². The molecular formula is C12H22N4O2S.